The molecule has 0 spiro atoms. The second-order valence-electron chi connectivity index (χ2n) is 6.76. The number of aromatic nitrogens is 2. The average Bonchev–Trinajstić information content (AvgIpc) is 2.82. The Bertz CT molecular complexity index is 817. The Hall–Kier alpha value is -2.74. The molecule has 1 atom stereocenters. The van der Waals surface area contributed by atoms with Crippen molar-refractivity contribution in [1.82, 2.24) is 14.7 Å². The van der Waals surface area contributed by atoms with Gasteiger partial charge < -0.3 is 15.3 Å². The molecule has 2 aromatic rings. The van der Waals surface area contributed by atoms with Crippen LogP contribution >= 0.6 is 0 Å². The predicted molar refractivity (Wildman–Crippen MR) is 99.8 cm³/mol. The van der Waals surface area contributed by atoms with E-state index in [1.165, 1.54) is 24.3 Å². The van der Waals surface area contributed by atoms with Gasteiger partial charge in [0.2, 0.25) is 5.91 Å². The Balaban J connectivity index is 1.96. The second-order valence-corrected chi connectivity index (χ2v) is 6.76. The van der Waals surface area contributed by atoms with E-state index in [2.05, 4.69) is 10.4 Å². The number of nitrogens with one attached hydrogen (secondary N) is 1. The zero-order valence-corrected chi connectivity index (χ0v) is 16.0. The van der Waals surface area contributed by atoms with Crippen molar-refractivity contribution in [2.75, 3.05) is 18.9 Å². The molecule has 0 aliphatic rings. The largest absolute Gasteiger partial charge is 0.481 e. The number of carboxylic acid groups (broad SMARTS) is 1. The van der Waals surface area contributed by atoms with Crippen molar-refractivity contribution < 1.29 is 19.1 Å². The topological polar surface area (TPSA) is 87.5 Å². The smallest absolute Gasteiger partial charge is 0.308 e. The summed E-state index contributed by atoms with van der Waals surface area (Å²) in [6.07, 6.45) is -0.165. The normalized spacial score (nSPS) is 12.2. The number of aliphatic carboxylic acids is 1. The van der Waals surface area contributed by atoms with Gasteiger partial charge in [0.05, 0.1) is 11.6 Å². The first-order chi connectivity index (χ1) is 12.7. The van der Waals surface area contributed by atoms with Gasteiger partial charge in [-0.25, -0.2) is 4.39 Å². The van der Waals surface area contributed by atoms with Gasteiger partial charge in [0, 0.05) is 43.5 Å². The fourth-order valence-electron chi connectivity index (χ4n) is 2.96. The molecule has 27 heavy (non-hydrogen) atoms. The van der Waals surface area contributed by atoms with Gasteiger partial charge in [-0.2, -0.15) is 5.10 Å². The quantitative estimate of drug-likeness (QED) is 0.738. The first-order valence-corrected chi connectivity index (χ1v) is 8.63. The number of amides is 1. The van der Waals surface area contributed by atoms with Crippen LogP contribution in [-0.4, -0.2) is 45.3 Å². The van der Waals surface area contributed by atoms with Gasteiger partial charge in [0.25, 0.3) is 0 Å². The van der Waals surface area contributed by atoms with Crippen LogP contribution in [0.1, 0.15) is 23.4 Å². The van der Waals surface area contributed by atoms with Crippen LogP contribution in [0.15, 0.2) is 24.3 Å². The molecule has 0 bridgehead atoms. The van der Waals surface area contributed by atoms with Gasteiger partial charge in [-0.1, -0.05) is 0 Å². The third kappa shape index (κ3) is 5.62. The van der Waals surface area contributed by atoms with Gasteiger partial charge in [-0.3, -0.25) is 14.3 Å². The lowest BCUT2D eigenvalue weighted by Gasteiger charge is -2.21. The third-order valence-corrected chi connectivity index (χ3v) is 4.53. The van der Waals surface area contributed by atoms with E-state index in [1.54, 1.807) is 4.68 Å². The number of nitrogens with zero attached hydrogens (tertiary/aromatic N) is 3. The predicted octanol–water partition coefficient (Wildman–Crippen LogP) is 2.34. The van der Waals surface area contributed by atoms with E-state index in [0.717, 1.165) is 17.0 Å². The van der Waals surface area contributed by atoms with Gasteiger partial charge in [-0.05, 0) is 45.2 Å². The Morgan fingerprint density at radius 1 is 1.30 bits per heavy atom. The molecule has 8 heteroatoms. The summed E-state index contributed by atoms with van der Waals surface area (Å²) in [5.41, 5.74) is 3.42. The molecule has 0 aliphatic carbocycles. The van der Waals surface area contributed by atoms with E-state index in [1.807, 2.05) is 32.8 Å². The summed E-state index contributed by atoms with van der Waals surface area (Å²) in [6, 6.07) is 5.33. The number of anilines is 1. The number of rotatable bonds is 8. The summed E-state index contributed by atoms with van der Waals surface area (Å²) >= 11 is 0. The first-order valence-electron chi connectivity index (χ1n) is 8.63. The molecule has 0 saturated carbocycles. The SMILES string of the molecule is Cc1nn(C)c(C)c1CN(C)CC(CC(=O)Nc1ccc(F)cc1)C(=O)O. The van der Waals surface area contributed by atoms with Crippen molar-refractivity contribution in [3.8, 4) is 0 Å². The molecule has 1 unspecified atom stereocenters. The van der Waals surface area contributed by atoms with Crippen molar-refractivity contribution in [3.05, 3.63) is 47.0 Å². The summed E-state index contributed by atoms with van der Waals surface area (Å²) in [7, 11) is 3.69. The highest BCUT2D eigenvalue weighted by Crippen LogP contribution is 2.16. The van der Waals surface area contributed by atoms with Crippen LogP contribution in [0.5, 0.6) is 0 Å². The van der Waals surface area contributed by atoms with Crippen LogP contribution in [0.3, 0.4) is 0 Å². The van der Waals surface area contributed by atoms with E-state index in [4.69, 9.17) is 0 Å². The van der Waals surface area contributed by atoms with Crippen molar-refractivity contribution in [3.63, 3.8) is 0 Å². The van der Waals surface area contributed by atoms with Gasteiger partial charge in [0.15, 0.2) is 0 Å². The lowest BCUT2D eigenvalue weighted by molar-refractivity contribution is -0.144. The van der Waals surface area contributed by atoms with Crippen LogP contribution in [0.2, 0.25) is 0 Å². The number of carboxylic acids is 1. The number of carbonyl (C=O) groups is 2. The van der Waals surface area contributed by atoms with Crippen LogP contribution in [-0.2, 0) is 23.2 Å². The molecule has 146 valence electrons. The molecule has 0 saturated heterocycles. The van der Waals surface area contributed by atoms with E-state index >= 15 is 0 Å². The molecule has 2 N–H and O–H groups in total. The fraction of sp³-hybridized carbons (Fsp3) is 0.421. The van der Waals surface area contributed by atoms with Crippen LogP contribution < -0.4 is 5.32 Å². The molecule has 0 radical (unpaired) electrons. The monoisotopic (exact) mass is 376 g/mol. The average molecular weight is 376 g/mol. The Labute approximate surface area is 157 Å². The molecule has 1 heterocycles. The highest BCUT2D eigenvalue weighted by Gasteiger charge is 2.24. The summed E-state index contributed by atoms with van der Waals surface area (Å²) in [5, 5.41) is 16.4. The molecule has 0 fully saturated rings. The van der Waals surface area contributed by atoms with Crippen molar-refractivity contribution in [2.45, 2.75) is 26.8 Å². The molecule has 1 aromatic carbocycles. The lowest BCUT2D eigenvalue weighted by Crippen LogP contribution is -2.33. The maximum Gasteiger partial charge on any atom is 0.308 e. The fourth-order valence-corrected chi connectivity index (χ4v) is 2.96. The second kappa shape index (κ2) is 8.77. The van der Waals surface area contributed by atoms with E-state index in [0.29, 0.717) is 12.2 Å². The van der Waals surface area contributed by atoms with E-state index in [-0.39, 0.29) is 13.0 Å². The molecule has 1 amide bonds. The number of hydrogen-bond acceptors (Lipinski definition) is 4. The molecule has 1 aromatic heterocycles. The molecule has 0 aliphatic heterocycles. The third-order valence-electron chi connectivity index (χ3n) is 4.53. The summed E-state index contributed by atoms with van der Waals surface area (Å²) < 4.78 is 14.7. The minimum absolute atomic E-state index is 0.165. The maximum absolute atomic E-state index is 12.9. The van der Waals surface area contributed by atoms with E-state index in [9.17, 15) is 19.1 Å². The van der Waals surface area contributed by atoms with E-state index < -0.39 is 23.6 Å². The van der Waals surface area contributed by atoms with Crippen molar-refractivity contribution >= 4 is 17.6 Å². The molecule has 2 rings (SSSR count). The van der Waals surface area contributed by atoms with Crippen molar-refractivity contribution in [2.24, 2.45) is 13.0 Å². The zero-order valence-electron chi connectivity index (χ0n) is 16.0. The number of aryl methyl sites for hydroxylation is 2. The lowest BCUT2D eigenvalue weighted by atomic mass is 10.0. The molecule has 7 nitrogen and oxygen atoms in total. The maximum atomic E-state index is 12.9. The summed E-state index contributed by atoms with van der Waals surface area (Å²) in [5.74, 6) is -2.71. The van der Waals surface area contributed by atoms with Gasteiger partial charge >= 0.3 is 5.97 Å². The Morgan fingerprint density at radius 2 is 1.93 bits per heavy atom. The number of carbonyl (C=O) groups excluding carboxylic acids is 1. The zero-order chi connectivity index (χ0) is 20.1. The number of benzene rings is 1. The Morgan fingerprint density at radius 3 is 2.44 bits per heavy atom. The van der Waals surface area contributed by atoms with Gasteiger partial charge in [-0.15, -0.1) is 0 Å². The summed E-state index contributed by atoms with van der Waals surface area (Å²) in [4.78, 5) is 25.6. The number of halogens is 1. The molecular formula is C19H25FN4O3. The minimum Gasteiger partial charge on any atom is -0.481 e. The molecular weight excluding hydrogens is 351 g/mol. The highest BCUT2D eigenvalue weighted by atomic mass is 19.1. The standard InChI is InChI=1S/C19H25FN4O3/c1-12-17(13(2)24(4)22-12)11-23(3)10-14(19(26)27)9-18(25)21-16-7-5-15(20)6-8-16/h5-8,14H,9-11H2,1-4H3,(H,21,25)(H,26,27). The van der Waals surface area contributed by atoms with Crippen LogP contribution in [0.4, 0.5) is 10.1 Å². The summed E-state index contributed by atoms with van der Waals surface area (Å²) in [6.45, 7) is 4.66. The first kappa shape index (κ1) is 20.6. The highest BCUT2D eigenvalue weighted by molar-refractivity contribution is 5.93. The Kier molecular flexibility index (Phi) is 6.68. The van der Waals surface area contributed by atoms with Gasteiger partial charge in [0.1, 0.15) is 5.82 Å². The minimum atomic E-state index is -1.03. The number of hydrogen-bond donors (Lipinski definition) is 2. The van der Waals surface area contributed by atoms with Crippen LogP contribution in [0.25, 0.3) is 0 Å². The van der Waals surface area contributed by atoms with Crippen LogP contribution in [0, 0.1) is 25.6 Å². The van der Waals surface area contributed by atoms with Crippen molar-refractivity contribution in [1.29, 1.82) is 0 Å².